The molecule has 0 aromatic heterocycles. The molecule has 0 saturated heterocycles. The molecule has 0 aliphatic heterocycles. The minimum Gasteiger partial charge on any atom is -0.508 e. The van der Waals surface area contributed by atoms with Gasteiger partial charge < -0.3 is 10.2 Å². The third kappa shape index (κ3) is 4.79. The molecule has 0 fully saturated rings. The molecule has 0 radical (unpaired) electrons. The second kappa shape index (κ2) is 8.59. The number of phenolic OH excluding ortho intramolecular Hbond substituents is 2. The molecule has 0 aliphatic carbocycles. The number of rotatable bonds is 8. The van der Waals surface area contributed by atoms with Crippen molar-refractivity contribution in [3.8, 4) is 11.5 Å². The molecule has 26 heavy (non-hydrogen) atoms. The first kappa shape index (κ1) is 20.3. The molecule has 2 N–H and O–H groups in total. The number of hydrogen-bond acceptors (Lipinski definition) is 3. The van der Waals surface area contributed by atoms with Crippen molar-refractivity contribution in [3.63, 3.8) is 0 Å². The van der Waals surface area contributed by atoms with Crippen LogP contribution in [0, 0.1) is 0 Å². The molecular formula is C23H33NO2. The third-order valence-electron chi connectivity index (χ3n) is 5.43. The van der Waals surface area contributed by atoms with Crippen molar-refractivity contribution in [1.82, 2.24) is 4.90 Å². The number of nitrogens with zero attached hydrogens (tertiary/aromatic N) is 1. The van der Waals surface area contributed by atoms with Gasteiger partial charge in [-0.05, 0) is 82.5 Å². The van der Waals surface area contributed by atoms with Gasteiger partial charge in [0.15, 0.2) is 0 Å². The van der Waals surface area contributed by atoms with E-state index in [1.807, 2.05) is 24.3 Å². The van der Waals surface area contributed by atoms with Crippen LogP contribution in [0.2, 0.25) is 0 Å². The van der Waals surface area contributed by atoms with E-state index in [1.54, 1.807) is 24.3 Å². The molecule has 0 aliphatic rings. The van der Waals surface area contributed by atoms with Crippen molar-refractivity contribution in [2.45, 2.75) is 65.0 Å². The van der Waals surface area contributed by atoms with Crippen molar-refractivity contribution in [2.24, 2.45) is 0 Å². The lowest BCUT2D eigenvalue weighted by Gasteiger charge is -2.34. The van der Waals surface area contributed by atoms with Crippen LogP contribution in [0.4, 0.5) is 0 Å². The zero-order chi connectivity index (χ0) is 19.3. The van der Waals surface area contributed by atoms with Gasteiger partial charge in [-0.2, -0.15) is 0 Å². The average molecular weight is 356 g/mol. The average Bonchev–Trinajstić information content (AvgIpc) is 2.59. The first-order chi connectivity index (χ1) is 12.2. The summed E-state index contributed by atoms with van der Waals surface area (Å²) >= 11 is 0. The molecule has 0 saturated carbocycles. The van der Waals surface area contributed by atoms with Gasteiger partial charge in [-0.15, -0.1) is 0 Å². The molecule has 0 bridgehead atoms. The molecule has 0 spiro atoms. The molecule has 2 rings (SSSR count). The Kier molecular flexibility index (Phi) is 6.71. The predicted octanol–water partition coefficient (Wildman–Crippen LogP) is 5.30. The summed E-state index contributed by atoms with van der Waals surface area (Å²) in [6.07, 6.45) is 2.08. The van der Waals surface area contributed by atoms with Crippen molar-refractivity contribution in [3.05, 3.63) is 59.7 Å². The fourth-order valence-corrected chi connectivity index (χ4v) is 3.84. The number of hydrogen-bond donors (Lipinski definition) is 2. The van der Waals surface area contributed by atoms with Crippen LogP contribution in [0.1, 0.15) is 58.6 Å². The lowest BCUT2D eigenvalue weighted by atomic mass is 9.73. The maximum atomic E-state index is 9.66. The Bertz CT molecular complexity index is 621. The highest BCUT2D eigenvalue weighted by Gasteiger charge is 2.29. The summed E-state index contributed by atoms with van der Waals surface area (Å²) in [6.45, 7) is 12.3. The van der Waals surface area contributed by atoms with Crippen molar-refractivity contribution in [1.29, 1.82) is 0 Å². The molecule has 3 heteroatoms. The summed E-state index contributed by atoms with van der Waals surface area (Å²) in [6, 6.07) is 16.1. The van der Waals surface area contributed by atoms with Crippen LogP contribution in [0.15, 0.2) is 48.5 Å². The fourth-order valence-electron chi connectivity index (χ4n) is 3.84. The minimum atomic E-state index is -0.166. The smallest absolute Gasteiger partial charge is 0.115 e. The van der Waals surface area contributed by atoms with E-state index in [-0.39, 0.29) is 16.9 Å². The third-order valence-corrected chi connectivity index (χ3v) is 5.43. The zero-order valence-electron chi connectivity index (χ0n) is 16.7. The first-order valence-electron chi connectivity index (χ1n) is 9.59. The Morgan fingerprint density at radius 3 is 1.50 bits per heavy atom. The predicted molar refractivity (Wildman–Crippen MR) is 109 cm³/mol. The monoisotopic (exact) mass is 355 g/mol. The van der Waals surface area contributed by atoms with Crippen LogP contribution in [0.25, 0.3) is 0 Å². The van der Waals surface area contributed by atoms with Gasteiger partial charge in [0.1, 0.15) is 11.5 Å². The molecule has 0 amide bonds. The van der Waals surface area contributed by atoms with Gasteiger partial charge in [0.05, 0.1) is 0 Å². The van der Waals surface area contributed by atoms with Crippen LogP contribution in [-0.4, -0.2) is 33.7 Å². The quantitative estimate of drug-likeness (QED) is 0.675. The second-order valence-electron chi connectivity index (χ2n) is 7.95. The molecule has 142 valence electrons. The van der Waals surface area contributed by atoms with Gasteiger partial charge in [-0.25, -0.2) is 0 Å². The summed E-state index contributed by atoms with van der Waals surface area (Å²) in [7, 11) is 0. The van der Waals surface area contributed by atoms with Crippen molar-refractivity contribution in [2.75, 3.05) is 6.54 Å². The lowest BCUT2D eigenvalue weighted by Crippen LogP contribution is -2.38. The van der Waals surface area contributed by atoms with E-state index in [4.69, 9.17) is 0 Å². The highest BCUT2D eigenvalue weighted by atomic mass is 16.3. The zero-order valence-corrected chi connectivity index (χ0v) is 16.7. The lowest BCUT2D eigenvalue weighted by molar-refractivity contribution is 0.168. The summed E-state index contributed by atoms with van der Waals surface area (Å²) in [5.74, 6) is 0.570. The fraction of sp³-hybridized carbons (Fsp3) is 0.478. The second-order valence-corrected chi connectivity index (χ2v) is 7.95. The van der Waals surface area contributed by atoms with E-state index in [0.29, 0.717) is 12.1 Å². The molecule has 3 nitrogen and oxygen atoms in total. The van der Waals surface area contributed by atoms with E-state index in [2.05, 4.69) is 39.5 Å². The molecule has 0 atom stereocenters. The Balaban J connectivity index is 2.26. The van der Waals surface area contributed by atoms with Crippen LogP contribution < -0.4 is 0 Å². The van der Waals surface area contributed by atoms with Crippen LogP contribution in [-0.2, 0) is 5.41 Å². The van der Waals surface area contributed by atoms with E-state index in [9.17, 15) is 10.2 Å². The first-order valence-corrected chi connectivity index (χ1v) is 9.59. The minimum absolute atomic E-state index is 0.166. The van der Waals surface area contributed by atoms with Gasteiger partial charge in [0.25, 0.3) is 0 Å². The molecule has 2 aromatic carbocycles. The summed E-state index contributed by atoms with van der Waals surface area (Å²) < 4.78 is 0. The highest BCUT2D eigenvalue weighted by molar-refractivity contribution is 5.42. The van der Waals surface area contributed by atoms with Gasteiger partial charge in [0.2, 0.25) is 0 Å². The maximum Gasteiger partial charge on any atom is 0.115 e. The van der Waals surface area contributed by atoms with Gasteiger partial charge >= 0.3 is 0 Å². The summed E-state index contributed by atoms with van der Waals surface area (Å²) in [5.41, 5.74) is 2.20. The van der Waals surface area contributed by atoms with Gasteiger partial charge in [0, 0.05) is 17.5 Å². The van der Waals surface area contributed by atoms with Gasteiger partial charge in [-0.1, -0.05) is 31.2 Å². The number of aromatic hydroxyl groups is 2. The Morgan fingerprint density at radius 1 is 0.769 bits per heavy atom. The van der Waals surface area contributed by atoms with E-state index in [1.165, 1.54) is 11.1 Å². The topological polar surface area (TPSA) is 43.7 Å². The largest absolute Gasteiger partial charge is 0.508 e. The maximum absolute atomic E-state index is 9.66. The Hall–Kier alpha value is -2.00. The molecule has 0 unspecified atom stereocenters. The number of phenols is 2. The SMILES string of the molecule is CC(C)N(CCCC(C)(c1ccc(O)cc1)c1ccc(O)cc1)C(C)C. The molecule has 0 heterocycles. The van der Waals surface area contributed by atoms with Gasteiger partial charge in [-0.3, -0.25) is 4.90 Å². The Morgan fingerprint density at radius 2 is 1.15 bits per heavy atom. The number of benzene rings is 2. The van der Waals surface area contributed by atoms with E-state index in [0.717, 1.165) is 19.4 Å². The van der Waals surface area contributed by atoms with E-state index < -0.39 is 0 Å². The van der Waals surface area contributed by atoms with Crippen molar-refractivity contribution < 1.29 is 10.2 Å². The molecule has 2 aromatic rings. The van der Waals surface area contributed by atoms with Crippen LogP contribution in [0.5, 0.6) is 11.5 Å². The normalized spacial score (nSPS) is 12.3. The highest BCUT2D eigenvalue weighted by Crippen LogP contribution is 2.37. The standard InChI is InChI=1S/C23H33NO2/c1-17(2)24(18(3)4)16-6-15-23(5,19-7-11-21(25)12-8-19)20-9-13-22(26)14-10-20/h7-14,17-18,25-26H,6,15-16H2,1-5H3. The van der Waals surface area contributed by atoms with Crippen molar-refractivity contribution >= 4 is 0 Å². The van der Waals surface area contributed by atoms with Crippen LogP contribution in [0.3, 0.4) is 0 Å². The van der Waals surface area contributed by atoms with E-state index >= 15 is 0 Å². The summed E-state index contributed by atoms with van der Waals surface area (Å²) in [5, 5.41) is 19.3. The Labute approximate surface area is 158 Å². The van der Waals surface area contributed by atoms with Crippen LogP contribution >= 0.6 is 0 Å². The molecular weight excluding hydrogens is 322 g/mol. The summed E-state index contributed by atoms with van der Waals surface area (Å²) in [4.78, 5) is 2.52.